The third-order valence-electron chi connectivity index (χ3n) is 4.46. The second-order valence-electron chi connectivity index (χ2n) is 6.29. The van der Waals surface area contributed by atoms with Crippen LogP contribution < -0.4 is 10.9 Å². The molecule has 0 unspecified atom stereocenters. The Morgan fingerprint density at radius 2 is 1.68 bits per heavy atom. The van der Waals surface area contributed by atoms with Crippen molar-refractivity contribution < 1.29 is 9.90 Å². The summed E-state index contributed by atoms with van der Waals surface area (Å²) in [5, 5.41) is 13.7. The number of nitrogens with zero attached hydrogens (tertiary/aromatic N) is 2. The van der Waals surface area contributed by atoms with Crippen LogP contribution in [0.4, 0.5) is 5.82 Å². The lowest BCUT2D eigenvalue weighted by molar-refractivity contribution is 0.102. The first-order valence-electron chi connectivity index (χ1n) is 8.76. The number of pyridine rings is 2. The van der Waals surface area contributed by atoms with Gasteiger partial charge in [0.15, 0.2) is 0 Å². The minimum atomic E-state index is -0.700. The summed E-state index contributed by atoms with van der Waals surface area (Å²) in [5.41, 5.74) is 0.605. The van der Waals surface area contributed by atoms with Crippen molar-refractivity contribution in [1.82, 2.24) is 9.55 Å². The summed E-state index contributed by atoms with van der Waals surface area (Å²) in [7, 11) is 0. The molecule has 0 aliphatic heterocycles. The Labute approximate surface area is 160 Å². The molecule has 0 spiro atoms. The van der Waals surface area contributed by atoms with E-state index in [-0.39, 0.29) is 17.9 Å². The fraction of sp³-hybridized carbons (Fsp3) is 0.0455. The highest BCUT2D eigenvalue weighted by atomic mass is 16.3. The van der Waals surface area contributed by atoms with Gasteiger partial charge in [-0.1, -0.05) is 48.5 Å². The number of nitrogens with one attached hydrogen (secondary N) is 1. The van der Waals surface area contributed by atoms with Gasteiger partial charge < -0.3 is 15.0 Å². The molecule has 0 fully saturated rings. The zero-order valence-electron chi connectivity index (χ0n) is 14.9. The van der Waals surface area contributed by atoms with Gasteiger partial charge in [-0.3, -0.25) is 9.59 Å². The van der Waals surface area contributed by atoms with Gasteiger partial charge in [0.2, 0.25) is 0 Å². The first-order chi connectivity index (χ1) is 13.6. The number of carbonyl (C=O) groups excluding carboxylic acids is 1. The topological polar surface area (TPSA) is 84.2 Å². The highest BCUT2D eigenvalue weighted by Crippen LogP contribution is 2.27. The maximum atomic E-state index is 13.2. The molecule has 0 radical (unpaired) electrons. The van der Waals surface area contributed by atoms with Crippen LogP contribution >= 0.6 is 0 Å². The Hall–Kier alpha value is -3.93. The van der Waals surface area contributed by atoms with E-state index in [0.717, 1.165) is 5.56 Å². The number of carbonyl (C=O) groups is 1. The standard InChI is InChI=1S/C22H17N3O3/c26-20-16-10-4-5-11-17(16)25(14-15-8-2-1-3-9-15)22(28)19(20)21(27)24-18-12-6-7-13-23-18/h1-13,26H,14H2,(H,23,24,27). The number of para-hydroxylation sites is 1. The minimum absolute atomic E-state index is 0.282. The third-order valence-corrected chi connectivity index (χ3v) is 4.46. The Kier molecular flexibility index (Phi) is 4.60. The highest BCUT2D eigenvalue weighted by Gasteiger charge is 2.22. The molecule has 2 aromatic heterocycles. The molecule has 4 rings (SSSR count). The molecule has 2 aromatic carbocycles. The molecule has 0 aliphatic rings. The van der Waals surface area contributed by atoms with Crippen LogP contribution in [0, 0.1) is 0 Å². The Morgan fingerprint density at radius 1 is 0.964 bits per heavy atom. The van der Waals surface area contributed by atoms with E-state index in [1.807, 2.05) is 30.3 Å². The second kappa shape index (κ2) is 7.36. The Morgan fingerprint density at radius 3 is 2.43 bits per heavy atom. The first kappa shape index (κ1) is 17.5. The largest absolute Gasteiger partial charge is 0.506 e. The maximum Gasteiger partial charge on any atom is 0.268 e. The Balaban J connectivity index is 1.87. The van der Waals surface area contributed by atoms with Gasteiger partial charge in [0, 0.05) is 11.6 Å². The SMILES string of the molecule is O=C(Nc1ccccn1)c1c(O)c2ccccc2n(Cc2ccccc2)c1=O. The quantitative estimate of drug-likeness (QED) is 0.576. The van der Waals surface area contributed by atoms with Gasteiger partial charge in [0.05, 0.1) is 12.1 Å². The molecule has 0 bridgehead atoms. The Bertz CT molecular complexity index is 1200. The fourth-order valence-corrected chi connectivity index (χ4v) is 3.13. The summed E-state index contributed by atoms with van der Waals surface area (Å²) in [6.07, 6.45) is 1.53. The van der Waals surface area contributed by atoms with Gasteiger partial charge >= 0.3 is 0 Å². The van der Waals surface area contributed by atoms with Crippen molar-refractivity contribution in [1.29, 1.82) is 0 Å². The van der Waals surface area contributed by atoms with E-state index in [0.29, 0.717) is 16.7 Å². The van der Waals surface area contributed by atoms with Gasteiger partial charge in [0.25, 0.3) is 11.5 Å². The van der Waals surface area contributed by atoms with Gasteiger partial charge in [0.1, 0.15) is 17.1 Å². The van der Waals surface area contributed by atoms with Gasteiger partial charge in [-0.15, -0.1) is 0 Å². The summed E-state index contributed by atoms with van der Waals surface area (Å²) in [5.74, 6) is -0.735. The lowest BCUT2D eigenvalue weighted by Gasteiger charge is -2.15. The van der Waals surface area contributed by atoms with Crippen molar-refractivity contribution in [3.8, 4) is 5.75 Å². The van der Waals surface area contributed by atoms with Crippen molar-refractivity contribution >= 4 is 22.6 Å². The van der Waals surface area contributed by atoms with Crippen molar-refractivity contribution in [2.75, 3.05) is 5.32 Å². The van der Waals surface area contributed by atoms with Gasteiger partial charge in [-0.25, -0.2) is 4.98 Å². The number of amides is 1. The summed E-state index contributed by atoms with van der Waals surface area (Å²) in [4.78, 5) is 30.0. The monoisotopic (exact) mass is 371 g/mol. The molecule has 0 aliphatic carbocycles. The summed E-state index contributed by atoms with van der Waals surface area (Å²) >= 11 is 0. The highest BCUT2D eigenvalue weighted by molar-refractivity contribution is 6.08. The lowest BCUT2D eigenvalue weighted by Crippen LogP contribution is -2.30. The molecule has 28 heavy (non-hydrogen) atoms. The van der Waals surface area contributed by atoms with E-state index in [1.54, 1.807) is 42.5 Å². The van der Waals surface area contributed by atoms with Crippen LogP contribution in [0.1, 0.15) is 15.9 Å². The van der Waals surface area contributed by atoms with Crippen LogP contribution in [0.2, 0.25) is 0 Å². The predicted molar refractivity (Wildman–Crippen MR) is 108 cm³/mol. The molecule has 138 valence electrons. The van der Waals surface area contributed by atoms with Crippen molar-refractivity contribution in [2.45, 2.75) is 6.54 Å². The smallest absolute Gasteiger partial charge is 0.268 e. The number of anilines is 1. The van der Waals surface area contributed by atoms with E-state index >= 15 is 0 Å². The van der Waals surface area contributed by atoms with Crippen molar-refractivity contribution in [2.24, 2.45) is 0 Å². The van der Waals surface area contributed by atoms with Crippen molar-refractivity contribution in [3.05, 3.63) is 100 Å². The minimum Gasteiger partial charge on any atom is -0.506 e. The van der Waals surface area contributed by atoms with Gasteiger partial charge in [-0.05, 0) is 29.8 Å². The number of hydrogen-bond donors (Lipinski definition) is 2. The van der Waals surface area contributed by atoms with Crippen LogP contribution in [-0.4, -0.2) is 20.6 Å². The number of benzene rings is 2. The summed E-state index contributed by atoms with van der Waals surface area (Å²) in [6.45, 7) is 0.282. The fourth-order valence-electron chi connectivity index (χ4n) is 3.13. The molecule has 2 N–H and O–H groups in total. The van der Waals surface area contributed by atoms with E-state index in [2.05, 4.69) is 10.3 Å². The zero-order valence-corrected chi connectivity index (χ0v) is 14.9. The molecular weight excluding hydrogens is 354 g/mol. The first-order valence-corrected chi connectivity index (χ1v) is 8.76. The number of aromatic hydroxyl groups is 1. The molecule has 0 saturated heterocycles. The molecule has 0 saturated carbocycles. The van der Waals surface area contributed by atoms with E-state index in [9.17, 15) is 14.7 Å². The third kappa shape index (κ3) is 3.23. The zero-order chi connectivity index (χ0) is 19.5. The number of fused-ring (bicyclic) bond motifs is 1. The molecule has 0 atom stereocenters. The number of rotatable bonds is 4. The van der Waals surface area contributed by atoms with Crippen LogP contribution in [0.25, 0.3) is 10.9 Å². The molecule has 4 aromatic rings. The van der Waals surface area contributed by atoms with Gasteiger partial charge in [-0.2, -0.15) is 0 Å². The predicted octanol–water partition coefficient (Wildman–Crippen LogP) is 3.40. The molecular formula is C22H17N3O3. The number of hydrogen-bond acceptors (Lipinski definition) is 4. The molecule has 6 heteroatoms. The van der Waals surface area contributed by atoms with Crippen LogP contribution in [0.5, 0.6) is 5.75 Å². The van der Waals surface area contributed by atoms with E-state index < -0.39 is 11.5 Å². The molecule has 2 heterocycles. The van der Waals surface area contributed by atoms with Crippen molar-refractivity contribution in [3.63, 3.8) is 0 Å². The average molecular weight is 371 g/mol. The summed E-state index contributed by atoms with van der Waals surface area (Å²) in [6, 6.07) is 21.5. The second-order valence-corrected chi connectivity index (χ2v) is 6.29. The van der Waals surface area contributed by atoms with Crippen LogP contribution in [-0.2, 0) is 6.54 Å². The van der Waals surface area contributed by atoms with E-state index in [4.69, 9.17) is 0 Å². The van der Waals surface area contributed by atoms with E-state index in [1.165, 1.54) is 10.8 Å². The molecule has 1 amide bonds. The average Bonchev–Trinajstić information content (AvgIpc) is 2.73. The van der Waals surface area contributed by atoms with Crippen LogP contribution in [0.3, 0.4) is 0 Å². The normalized spacial score (nSPS) is 10.7. The summed E-state index contributed by atoms with van der Waals surface area (Å²) < 4.78 is 1.50. The molecule has 6 nitrogen and oxygen atoms in total. The lowest BCUT2D eigenvalue weighted by atomic mass is 10.1. The van der Waals surface area contributed by atoms with Crippen LogP contribution in [0.15, 0.2) is 83.8 Å². The number of aromatic nitrogens is 2. The maximum absolute atomic E-state index is 13.2.